The summed E-state index contributed by atoms with van der Waals surface area (Å²) in [6.45, 7) is 0.239. The Balaban J connectivity index is 1.89. The van der Waals surface area contributed by atoms with E-state index in [0.29, 0.717) is 17.1 Å². The number of imidazole rings is 1. The van der Waals surface area contributed by atoms with Crippen LogP contribution in [0, 0.1) is 5.82 Å². The van der Waals surface area contributed by atoms with Gasteiger partial charge in [0.2, 0.25) is 0 Å². The molecule has 1 aliphatic heterocycles. The van der Waals surface area contributed by atoms with Crippen molar-refractivity contribution in [2.45, 2.75) is 31.3 Å². The van der Waals surface area contributed by atoms with Gasteiger partial charge in [0.15, 0.2) is 0 Å². The Bertz CT molecular complexity index is 982. The maximum absolute atomic E-state index is 14.7. The highest BCUT2D eigenvalue weighted by Crippen LogP contribution is 2.35. The maximum atomic E-state index is 14.7. The van der Waals surface area contributed by atoms with Gasteiger partial charge in [-0.05, 0) is 24.6 Å². The van der Waals surface area contributed by atoms with E-state index in [1.807, 2.05) is 0 Å². The van der Waals surface area contributed by atoms with Crippen LogP contribution in [0.15, 0.2) is 24.5 Å². The zero-order valence-electron chi connectivity index (χ0n) is 17.0. The number of rotatable bonds is 6. The van der Waals surface area contributed by atoms with Gasteiger partial charge in [-0.3, -0.25) is 4.79 Å². The Labute approximate surface area is 182 Å². The quantitative estimate of drug-likeness (QED) is 0.650. The summed E-state index contributed by atoms with van der Waals surface area (Å²) in [5.41, 5.74) is 1.45. The van der Waals surface area contributed by atoms with Crippen LogP contribution in [0.3, 0.4) is 0 Å². The van der Waals surface area contributed by atoms with Crippen molar-refractivity contribution in [3.05, 3.63) is 52.3 Å². The molecule has 0 radical (unpaired) electrons. The van der Waals surface area contributed by atoms with E-state index in [1.165, 1.54) is 43.6 Å². The number of hydrogen-bond acceptors (Lipinski definition) is 6. The molecule has 0 aliphatic carbocycles. The first-order chi connectivity index (χ1) is 14.8. The molecule has 2 aromatic rings. The largest absolute Gasteiger partial charge is 0.469 e. The molecule has 1 aliphatic rings. The SMILES string of the molecule is COC(=O)CC[C@H](NC(=O)N1CCc2[nH]cnc2[C@@H]1c1cc(Cl)ccc1F)C(=O)OC. The minimum absolute atomic E-state index is 0.0111. The van der Waals surface area contributed by atoms with Crippen LogP contribution in [-0.2, 0) is 25.5 Å². The van der Waals surface area contributed by atoms with Gasteiger partial charge in [0, 0.05) is 35.7 Å². The number of H-pyrrole nitrogens is 1. The van der Waals surface area contributed by atoms with E-state index in [4.69, 9.17) is 16.3 Å². The van der Waals surface area contributed by atoms with Crippen molar-refractivity contribution >= 4 is 29.6 Å². The van der Waals surface area contributed by atoms with Crippen molar-refractivity contribution in [2.75, 3.05) is 20.8 Å². The van der Waals surface area contributed by atoms with Gasteiger partial charge in [-0.2, -0.15) is 0 Å². The second kappa shape index (κ2) is 9.78. The number of urea groups is 1. The van der Waals surface area contributed by atoms with Crippen molar-refractivity contribution in [3.8, 4) is 0 Å². The molecule has 0 saturated carbocycles. The Morgan fingerprint density at radius 2 is 2.13 bits per heavy atom. The van der Waals surface area contributed by atoms with Crippen LogP contribution >= 0.6 is 11.6 Å². The predicted octanol–water partition coefficient (Wildman–Crippen LogP) is 2.35. The predicted molar refractivity (Wildman–Crippen MR) is 108 cm³/mol. The number of carbonyl (C=O) groups excluding carboxylic acids is 3. The van der Waals surface area contributed by atoms with Crippen molar-refractivity contribution in [2.24, 2.45) is 0 Å². The fourth-order valence-electron chi connectivity index (χ4n) is 3.52. The molecule has 0 bridgehead atoms. The van der Waals surface area contributed by atoms with Crippen molar-refractivity contribution in [1.29, 1.82) is 0 Å². The lowest BCUT2D eigenvalue weighted by Gasteiger charge is -2.36. The Morgan fingerprint density at radius 1 is 1.35 bits per heavy atom. The Kier molecular flexibility index (Phi) is 7.11. The summed E-state index contributed by atoms with van der Waals surface area (Å²) >= 11 is 6.07. The maximum Gasteiger partial charge on any atom is 0.328 e. The van der Waals surface area contributed by atoms with Crippen LogP contribution in [0.4, 0.5) is 9.18 Å². The smallest absolute Gasteiger partial charge is 0.328 e. The minimum Gasteiger partial charge on any atom is -0.469 e. The molecular formula is C20H22ClFN4O5. The molecule has 9 nitrogen and oxygen atoms in total. The number of nitrogens with zero attached hydrogens (tertiary/aromatic N) is 2. The molecule has 2 atom stereocenters. The molecule has 2 amide bonds. The number of ether oxygens (including phenoxy) is 2. The number of aromatic nitrogens is 2. The van der Waals surface area contributed by atoms with Gasteiger partial charge in [0.05, 0.1) is 26.2 Å². The summed E-state index contributed by atoms with van der Waals surface area (Å²) < 4.78 is 24.0. The molecule has 11 heteroatoms. The minimum atomic E-state index is -1.08. The number of amides is 2. The van der Waals surface area contributed by atoms with Gasteiger partial charge >= 0.3 is 18.0 Å². The monoisotopic (exact) mass is 452 g/mol. The second-order valence-electron chi connectivity index (χ2n) is 6.92. The summed E-state index contributed by atoms with van der Waals surface area (Å²) in [6.07, 6.45) is 1.84. The Morgan fingerprint density at radius 3 is 2.84 bits per heavy atom. The highest BCUT2D eigenvalue weighted by Gasteiger charge is 2.37. The van der Waals surface area contributed by atoms with Crippen molar-refractivity contribution in [1.82, 2.24) is 20.2 Å². The third-order valence-corrected chi connectivity index (χ3v) is 5.32. The van der Waals surface area contributed by atoms with Gasteiger partial charge in [0.25, 0.3) is 0 Å². The average Bonchev–Trinajstić information content (AvgIpc) is 3.25. The third kappa shape index (κ3) is 4.96. The number of halogens is 2. The van der Waals surface area contributed by atoms with Crippen LogP contribution in [0.2, 0.25) is 5.02 Å². The molecule has 0 spiro atoms. The van der Waals surface area contributed by atoms with E-state index in [-0.39, 0.29) is 24.9 Å². The number of esters is 2. The third-order valence-electron chi connectivity index (χ3n) is 5.09. The molecular weight excluding hydrogens is 431 g/mol. The highest BCUT2D eigenvalue weighted by molar-refractivity contribution is 6.30. The summed E-state index contributed by atoms with van der Waals surface area (Å²) in [5, 5.41) is 2.90. The van der Waals surface area contributed by atoms with Crippen LogP contribution < -0.4 is 5.32 Å². The number of aromatic amines is 1. The number of benzene rings is 1. The molecule has 0 fully saturated rings. The van der Waals surface area contributed by atoms with Crippen LogP contribution in [0.1, 0.15) is 35.8 Å². The zero-order chi connectivity index (χ0) is 22.5. The molecule has 3 rings (SSSR count). The average molecular weight is 453 g/mol. The molecule has 1 aromatic carbocycles. The summed E-state index contributed by atoms with van der Waals surface area (Å²) in [7, 11) is 2.41. The summed E-state index contributed by atoms with van der Waals surface area (Å²) in [5.74, 6) is -1.78. The number of methoxy groups -OCH3 is 2. The van der Waals surface area contributed by atoms with Gasteiger partial charge in [-0.15, -0.1) is 0 Å². The van der Waals surface area contributed by atoms with Crippen LogP contribution in [0.25, 0.3) is 0 Å². The van der Waals surface area contributed by atoms with Gasteiger partial charge in [-0.25, -0.2) is 19.0 Å². The van der Waals surface area contributed by atoms with E-state index in [2.05, 4.69) is 20.0 Å². The lowest BCUT2D eigenvalue weighted by atomic mass is 9.95. The van der Waals surface area contributed by atoms with Crippen LogP contribution in [-0.4, -0.2) is 59.6 Å². The second-order valence-corrected chi connectivity index (χ2v) is 7.35. The van der Waals surface area contributed by atoms with E-state index in [0.717, 1.165) is 5.69 Å². The van der Waals surface area contributed by atoms with Gasteiger partial charge in [0.1, 0.15) is 17.9 Å². The number of fused-ring (bicyclic) bond motifs is 1. The van der Waals surface area contributed by atoms with Gasteiger partial charge < -0.3 is 24.7 Å². The molecule has 0 saturated heterocycles. The highest BCUT2D eigenvalue weighted by atomic mass is 35.5. The van der Waals surface area contributed by atoms with Crippen molar-refractivity contribution in [3.63, 3.8) is 0 Å². The number of carbonyl (C=O) groups is 3. The first-order valence-corrected chi connectivity index (χ1v) is 9.92. The molecule has 2 heterocycles. The van der Waals surface area contributed by atoms with Gasteiger partial charge in [-0.1, -0.05) is 11.6 Å². The molecule has 2 N–H and O–H groups in total. The molecule has 1 aromatic heterocycles. The summed E-state index contributed by atoms with van der Waals surface area (Å²) in [6, 6.07) is 1.52. The standard InChI is InChI=1S/C20H22ClFN4O5/c1-30-16(27)6-5-15(19(28)31-2)25-20(29)26-8-7-14-17(24-10-23-14)18(26)12-9-11(21)3-4-13(12)22/h3-4,9-10,15,18H,5-8H2,1-2H3,(H,23,24)(H,25,29)/t15-,18-/m0/s1. The fraction of sp³-hybridized carbons (Fsp3) is 0.400. The van der Waals surface area contributed by atoms with E-state index < -0.39 is 35.9 Å². The molecule has 31 heavy (non-hydrogen) atoms. The van der Waals surface area contributed by atoms with E-state index >= 15 is 0 Å². The Hall–Kier alpha value is -3.14. The van der Waals surface area contributed by atoms with E-state index in [1.54, 1.807) is 0 Å². The lowest BCUT2D eigenvalue weighted by Crippen LogP contribution is -2.51. The lowest BCUT2D eigenvalue weighted by molar-refractivity contribution is -0.144. The fourth-order valence-corrected chi connectivity index (χ4v) is 3.70. The zero-order valence-corrected chi connectivity index (χ0v) is 17.7. The summed E-state index contributed by atoms with van der Waals surface area (Å²) in [4.78, 5) is 45.4. The molecule has 0 unspecified atom stereocenters. The molecule has 166 valence electrons. The van der Waals surface area contributed by atoms with Crippen molar-refractivity contribution < 1.29 is 28.2 Å². The topological polar surface area (TPSA) is 114 Å². The first kappa shape index (κ1) is 22.5. The van der Waals surface area contributed by atoms with Crippen LogP contribution in [0.5, 0.6) is 0 Å². The number of hydrogen-bond donors (Lipinski definition) is 2. The first-order valence-electron chi connectivity index (χ1n) is 9.54. The number of nitrogens with one attached hydrogen (secondary N) is 2. The van der Waals surface area contributed by atoms with E-state index in [9.17, 15) is 18.8 Å². The normalized spacial score (nSPS) is 16.3.